The van der Waals surface area contributed by atoms with E-state index in [4.69, 9.17) is 0 Å². The van der Waals surface area contributed by atoms with Crippen molar-refractivity contribution >= 4 is 43.9 Å². The molecule has 1 aromatic carbocycles. The van der Waals surface area contributed by atoms with E-state index in [-0.39, 0.29) is 11.7 Å². The molecular weight excluding hydrogens is 283 g/mol. The van der Waals surface area contributed by atoms with Crippen LogP contribution in [0.4, 0.5) is 9.52 Å². The number of carbonyl (C=O) groups excluding carboxylic acids is 1. The summed E-state index contributed by atoms with van der Waals surface area (Å²) in [4.78, 5) is 16.9. The third kappa shape index (κ3) is 2.64. The SMILES string of the molecule is O=C(Cc1cccs1)Nc1nc2c(F)cccc2s1. The van der Waals surface area contributed by atoms with E-state index in [9.17, 15) is 9.18 Å². The van der Waals surface area contributed by atoms with Crippen LogP contribution in [0.3, 0.4) is 0 Å². The number of hydrogen-bond donors (Lipinski definition) is 1. The molecule has 3 nitrogen and oxygen atoms in total. The molecule has 1 amide bonds. The molecule has 0 bridgehead atoms. The standard InChI is InChI=1S/C13H9FN2OS2/c14-9-4-1-5-10-12(9)16-13(19-10)15-11(17)7-8-3-2-6-18-8/h1-6H,7H2,(H,15,16,17). The number of thiazole rings is 1. The van der Waals surface area contributed by atoms with Crippen LogP contribution in [0.25, 0.3) is 10.2 Å². The topological polar surface area (TPSA) is 42.0 Å². The van der Waals surface area contributed by atoms with Gasteiger partial charge in [0, 0.05) is 4.88 Å². The second-order valence-electron chi connectivity index (χ2n) is 3.91. The zero-order valence-corrected chi connectivity index (χ0v) is 11.4. The van der Waals surface area contributed by atoms with E-state index >= 15 is 0 Å². The van der Waals surface area contributed by atoms with Gasteiger partial charge in [-0.15, -0.1) is 11.3 Å². The highest BCUT2D eigenvalue weighted by atomic mass is 32.1. The zero-order chi connectivity index (χ0) is 13.2. The summed E-state index contributed by atoms with van der Waals surface area (Å²) in [6.07, 6.45) is 0.316. The molecule has 6 heteroatoms. The first-order valence-corrected chi connectivity index (χ1v) is 7.29. The lowest BCUT2D eigenvalue weighted by Crippen LogP contribution is -2.13. The van der Waals surface area contributed by atoms with E-state index in [1.807, 2.05) is 17.5 Å². The Morgan fingerprint density at radius 3 is 2.95 bits per heavy atom. The van der Waals surface area contributed by atoms with E-state index < -0.39 is 0 Å². The van der Waals surface area contributed by atoms with Crippen molar-refractivity contribution in [3.8, 4) is 0 Å². The molecule has 3 aromatic rings. The quantitative estimate of drug-likeness (QED) is 0.800. The van der Waals surface area contributed by atoms with Gasteiger partial charge in [0.15, 0.2) is 5.13 Å². The number of para-hydroxylation sites is 1. The first kappa shape index (κ1) is 12.3. The van der Waals surface area contributed by atoms with Crippen LogP contribution < -0.4 is 5.32 Å². The van der Waals surface area contributed by atoms with Crippen molar-refractivity contribution in [2.75, 3.05) is 5.32 Å². The molecule has 0 saturated heterocycles. The molecule has 0 aliphatic heterocycles. The molecule has 0 radical (unpaired) electrons. The largest absolute Gasteiger partial charge is 0.302 e. The Balaban J connectivity index is 1.78. The Bertz CT molecular complexity index is 721. The van der Waals surface area contributed by atoms with Crippen LogP contribution in [0.1, 0.15) is 4.88 Å². The van der Waals surface area contributed by atoms with Crippen molar-refractivity contribution in [2.24, 2.45) is 0 Å². The van der Waals surface area contributed by atoms with Crippen LogP contribution in [-0.4, -0.2) is 10.9 Å². The van der Waals surface area contributed by atoms with Crippen LogP contribution in [0.15, 0.2) is 35.7 Å². The average Bonchev–Trinajstić information content (AvgIpc) is 2.98. The highest BCUT2D eigenvalue weighted by molar-refractivity contribution is 7.22. The molecule has 96 valence electrons. The maximum absolute atomic E-state index is 13.5. The number of rotatable bonds is 3. The molecule has 0 atom stereocenters. The van der Waals surface area contributed by atoms with E-state index in [0.29, 0.717) is 17.1 Å². The molecule has 3 rings (SSSR count). The maximum atomic E-state index is 13.5. The molecule has 0 aliphatic carbocycles. The number of nitrogens with zero attached hydrogens (tertiary/aromatic N) is 1. The van der Waals surface area contributed by atoms with E-state index in [2.05, 4.69) is 10.3 Å². The van der Waals surface area contributed by atoms with Crippen molar-refractivity contribution in [1.82, 2.24) is 4.98 Å². The number of fused-ring (bicyclic) bond motifs is 1. The lowest BCUT2D eigenvalue weighted by molar-refractivity contribution is -0.115. The Kier molecular flexibility index (Phi) is 3.27. The zero-order valence-electron chi connectivity index (χ0n) is 9.72. The van der Waals surface area contributed by atoms with Crippen LogP contribution >= 0.6 is 22.7 Å². The van der Waals surface area contributed by atoms with Gasteiger partial charge in [-0.2, -0.15) is 0 Å². The molecule has 0 unspecified atom stereocenters. The Morgan fingerprint density at radius 1 is 1.32 bits per heavy atom. The van der Waals surface area contributed by atoms with Crippen LogP contribution in [0, 0.1) is 5.82 Å². The van der Waals surface area contributed by atoms with Crippen LogP contribution in [-0.2, 0) is 11.2 Å². The molecule has 2 heterocycles. The minimum atomic E-state index is -0.368. The van der Waals surface area contributed by atoms with Crippen molar-refractivity contribution in [3.05, 3.63) is 46.4 Å². The van der Waals surface area contributed by atoms with E-state index in [1.54, 1.807) is 12.1 Å². The Labute approximate surface area is 116 Å². The highest BCUT2D eigenvalue weighted by Gasteiger charge is 2.11. The predicted molar refractivity (Wildman–Crippen MR) is 76.2 cm³/mol. The normalized spacial score (nSPS) is 10.8. The minimum Gasteiger partial charge on any atom is -0.302 e. The van der Waals surface area contributed by atoms with Gasteiger partial charge in [0.25, 0.3) is 0 Å². The molecule has 19 heavy (non-hydrogen) atoms. The molecule has 0 saturated carbocycles. The van der Waals surface area contributed by atoms with Crippen molar-refractivity contribution in [2.45, 2.75) is 6.42 Å². The highest BCUT2D eigenvalue weighted by Crippen LogP contribution is 2.27. The van der Waals surface area contributed by atoms with Gasteiger partial charge in [0.2, 0.25) is 5.91 Å². The fourth-order valence-electron chi connectivity index (χ4n) is 1.70. The third-order valence-electron chi connectivity index (χ3n) is 2.53. The van der Waals surface area contributed by atoms with Crippen molar-refractivity contribution < 1.29 is 9.18 Å². The molecule has 0 fully saturated rings. The Morgan fingerprint density at radius 2 is 2.21 bits per heavy atom. The molecule has 0 aliphatic rings. The van der Waals surface area contributed by atoms with Gasteiger partial charge in [-0.05, 0) is 23.6 Å². The molecule has 2 aromatic heterocycles. The third-order valence-corrected chi connectivity index (χ3v) is 4.34. The maximum Gasteiger partial charge on any atom is 0.231 e. The second kappa shape index (κ2) is 5.07. The van der Waals surface area contributed by atoms with Crippen LogP contribution in [0.2, 0.25) is 0 Å². The van der Waals surface area contributed by atoms with Gasteiger partial charge in [-0.25, -0.2) is 9.37 Å². The number of benzene rings is 1. The van der Waals surface area contributed by atoms with Crippen LogP contribution in [0.5, 0.6) is 0 Å². The summed E-state index contributed by atoms with van der Waals surface area (Å²) >= 11 is 2.80. The smallest absolute Gasteiger partial charge is 0.231 e. The fraction of sp³-hybridized carbons (Fsp3) is 0.0769. The predicted octanol–water partition coefficient (Wildman–Crippen LogP) is 3.68. The first-order chi connectivity index (χ1) is 9.22. The number of amides is 1. The number of nitrogens with one attached hydrogen (secondary N) is 1. The Hall–Kier alpha value is -1.79. The number of aromatic nitrogens is 1. The number of anilines is 1. The van der Waals surface area contributed by atoms with Gasteiger partial charge in [0.05, 0.1) is 11.1 Å². The van der Waals surface area contributed by atoms with Gasteiger partial charge in [-0.3, -0.25) is 4.79 Å². The summed E-state index contributed by atoms with van der Waals surface area (Å²) in [5, 5.41) is 5.06. The van der Waals surface area contributed by atoms with Crippen molar-refractivity contribution in [1.29, 1.82) is 0 Å². The lowest BCUT2D eigenvalue weighted by atomic mass is 10.3. The first-order valence-electron chi connectivity index (χ1n) is 5.59. The van der Waals surface area contributed by atoms with Gasteiger partial charge in [-0.1, -0.05) is 23.5 Å². The summed E-state index contributed by atoms with van der Waals surface area (Å²) in [5.41, 5.74) is 0.305. The van der Waals surface area contributed by atoms with Gasteiger partial charge >= 0.3 is 0 Å². The number of halogens is 1. The summed E-state index contributed by atoms with van der Waals surface area (Å²) in [6, 6.07) is 8.58. The van der Waals surface area contributed by atoms with Crippen molar-refractivity contribution in [3.63, 3.8) is 0 Å². The lowest BCUT2D eigenvalue weighted by Gasteiger charge is -1.98. The monoisotopic (exact) mass is 292 g/mol. The molecule has 1 N–H and O–H groups in total. The summed E-state index contributed by atoms with van der Waals surface area (Å²) in [7, 11) is 0. The summed E-state index contributed by atoms with van der Waals surface area (Å²) < 4.78 is 14.2. The van der Waals surface area contributed by atoms with E-state index in [1.165, 1.54) is 28.7 Å². The van der Waals surface area contributed by atoms with E-state index in [0.717, 1.165) is 9.58 Å². The number of hydrogen-bond acceptors (Lipinski definition) is 4. The minimum absolute atomic E-state index is 0.137. The summed E-state index contributed by atoms with van der Waals surface area (Å²) in [6.45, 7) is 0. The number of thiophene rings is 1. The summed E-state index contributed by atoms with van der Waals surface area (Å²) in [5.74, 6) is -0.505. The fourth-order valence-corrected chi connectivity index (χ4v) is 3.30. The van der Waals surface area contributed by atoms with Gasteiger partial charge in [0.1, 0.15) is 11.3 Å². The van der Waals surface area contributed by atoms with Gasteiger partial charge < -0.3 is 5.32 Å². The molecule has 0 spiro atoms. The number of carbonyl (C=O) groups is 1. The average molecular weight is 292 g/mol. The molecular formula is C13H9FN2OS2. The second-order valence-corrected chi connectivity index (χ2v) is 5.97.